The van der Waals surface area contributed by atoms with E-state index in [1.54, 1.807) is 6.20 Å². The summed E-state index contributed by atoms with van der Waals surface area (Å²) in [6.07, 6.45) is -3.30. The Kier molecular flexibility index (Phi) is 6.10. The van der Waals surface area contributed by atoms with Gasteiger partial charge in [0, 0.05) is 19.0 Å². The minimum absolute atomic E-state index is 0.483. The molecule has 2 aromatic heterocycles. The van der Waals surface area contributed by atoms with Crippen LogP contribution in [-0.4, -0.2) is 31.5 Å². The number of rotatable bonds is 5. The van der Waals surface area contributed by atoms with E-state index < -0.39 is 26.2 Å². The standard InChI is InChI=1S/C21H23F3N4OSi/c1-29-20(27-15-7-5-14(6-8-15)21(22,23)24)28-18-13-25-17-10-9-16(26-19(17)18)11-12-30(2,3)4/h5-10,13,20,25,27-28H,1-4H3. The number of fused-ring (bicyclic) bond motifs is 1. The fraction of sp³-hybridized carbons (Fsp3) is 0.286. The number of nitrogens with one attached hydrogen (secondary N) is 3. The van der Waals surface area contributed by atoms with Crippen LogP contribution in [0.4, 0.5) is 24.5 Å². The van der Waals surface area contributed by atoms with Crippen molar-refractivity contribution in [1.29, 1.82) is 0 Å². The number of methoxy groups -OCH3 is 1. The Labute approximate surface area is 174 Å². The second kappa shape index (κ2) is 8.42. The third kappa shape index (κ3) is 5.55. The molecule has 3 aromatic rings. The molecule has 2 heterocycles. The molecule has 0 aliphatic rings. The van der Waals surface area contributed by atoms with Gasteiger partial charge in [0.25, 0.3) is 0 Å². The van der Waals surface area contributed by atoms with Gasteiger partial charge in [-0.1, -0.05) is 25.6 Å². The maximum atomic E-state index is 12.7. The first-order valence-electron chi connectivity index (χ1n) is 9.29. The highest BCUT2D eigenvalue weighted by Crippen LogP contribution is 2.30. The van der Waals surface area contributed by atoms with Crippen molar-refractivity contribution in [3.8, 4) is 11.5 Å². The van der Waals surface area contributed by atoms with Crippen LogP contribution in [0, 0.1) is 11.5 Å². The van der Waals surface area contributed by atoms with Crippen molar-refractivity contribution in [2.75, 3.05) is 17.7 Å². The van der Waals surface area contributed by atoms with E-state index in [4.69, 9.17) is 4.74 Å². The van der Waals surface area contributed by atoms with Crippen molar-refractivity contribution in [2.24, 2.45) is 0 Å². The van der Waals surface area contributed by atoms with Crippen LogP contribution < -0.4 is 10.6 Å². The molecular weight excluding hydrogens is 409 g/mol. The summed E-state index contributed by atoms with van der Waals surface area (Å²) < 4.78 is 43.6. The molecule has 0 saturated carbocycles. The minimum Gasteiger partial charge on any atom is -0.358 e. The first kappa shape index (κ1) is 21.7. The van der Waals surface area contributed by atoms with Crippen LogP contribution in [0.15, 0.2) is 42.6 Å². The molecule has 1 atom stereocenters. The normalized spacial score (nSPS) is 12.9. The Balaban J connectivity index is 1.78. The number of hydrogen-bond acceptors (Lipinski definition) is 4. The molecule has 3 rings (SSSR count). The van der Waals surface area contributed by atoms with E-state index in [0.717, 1.165) is 17.6 Å². The molecule has 3 N–H and O–H groups in total. The number of aromatic nitrogens is 2. The molecule has 0 aliphatic heterocycles. The number of alkyl halides is 3. The molecule has 0 aliphatic carbocycles. The topological polar surface area (TPSA) is 62.0 Å². The third-order valence-corrected chi connectivity index (χ3v) is 5.00. The molecule has 158 valence electrons. The lowest BCUT2D eigenvalue weighted by molar-refractivity contribution is -0.137. The van der Waals surface area contributed by atoms with Crippen LogP contribution in [0.2, 0.25) is 19.6 Å². The summed E-state index contributed by atoms with van der Waals surface area (Å²) in [4.78, 5) is 7.75. The highest BCUT2D eigenvalue weighted by Gasteiger charge is 2.30. The highest BCUT2D eigenvalue weighted by molar-refractivity contribution is 6.83. The van der Waals surface area contributed by atoms with Crippen LogP contribution >= 0.6 is 0 Å². The molecule has 0 amide bonds. The second-order valence-corrected chi connectivity index (χ2v) is 12.5. The molecule has 0 saturated heterocycles. The lowest BCUT2D eigenvalue weighted by Crippen LogP contribution is -2.30. The smallest absolute Gasteiger partial charge is 0.358 e. The third-order valence-electron chi connectivity index (χ3n) is 4.12. The van der Waals surface area contributed by atoms with Crippen molar-refractivity contribution >= 4 is 30.5 Å². The average Bonchev–Trinajstić information content (AvgIpc) is 3.07. The molecule has 0 bridgehead atoms. The fourth-order valence-corrected chi connectivity index (χ4v) is 3.14. The number of benzene rings is 1. The predicted molar refractivity (Wildman–Crippen MR) is 116 cm³/mol. The molecule has 0 fully saturated rings. The summed E-state index contributed by atoms with van der Waals surface area (Å²) >= 11 is 0. The summed E-state index contributed by atoms with van der Waals surface area (Å²) in [6, 6.07) is 8.52. The summed E-state index contributed by atoms with van der Waals surface area (Å²) in [6.45, 7) is 6.49. The van der Waals surface area contributed by atoms with E-state index in [1.165, 1.54) is 19.2 Å². The maximum absolute atomic E-state index is 12.7. The van der Waals surface area contributed by atoms with Gasteiger partial charge in [-0.15, -0.1) is 5.54 Å². The number of pyridine rings is 1. The lowest BCUT2D eigenvalue weighted by Gasteiger charge is -2.20. The van der Waals surface area contributed by atoms with E-state index >= 15 is 0 Å². The Morgan fingerprint density at radius 1 is 1.07 bits per heavy atom. The number of hydrogen-bond donors (Lipinski definition) is 3. The van der Waals surface area contributed by atoms with Crippen LogP contribution in [0.25, 0.3) is 11.0 Å². The molecule has 1 aromatic carbocycles. The van der Waals surface area contributed by atoms with Crippen molar-refractivity contribution in [3.05, 3.63) is 53.9 Å². The number of H-pyrrole nitrogens is 1. The fourth-order valence-electron chi connectivity index (χ4n) is 2.63. The van der Waals surface area contributed by atoms with E-state index in [-0.39, 0.29) is 0 Å². The summed E-state index contributed by atoms with van der Waals surface area (Å²) in [7, 11) is -0.0332. The van der Waals surface area contributed by atoms with Gasteiger partial charge in [0.2, 0.25) is 6.35 Å². The highest BCUT2D eigenvalue weighted by atomic mass is 28.3. The van der Waals surface area contributed by atoms with Crippen molar-refractivity contribution < 1.29 is 17.9 Å². The van der Waals surface area contributed by atoms with Gasteiger partial charge in [-0.3, -0.25) is 0 Å². The van der Waals surface area contributed by atoms with E-state index in [0.29, 0.717) is 22.6 Å². The molecule has 1 unspecified atom stereocenters. The second-order valence-electron chi connectivity index (χ2n) is 7.77. The van der Waals surface area contributed by atoms with Crippen molar-refractivity contribution in [1.82, 2.24) is 9.97 Å². The number of halogens is 3. The summed E-state index contributed by atoms with van der Waals surface area (Å²) in [5.74, 6) is 3.14. The Morgan fingerprint density at radius 2 is 1.77 bits per heavy atom. The molecule has 0 radical (unpaired) electrons. The van der Waals surface area contributed by atoms with Crippen molar-refractivity contribution in [3.63, 3.8) is 0 Å². The molecule has 9 heteroatoms. The van der Waals surface area contributed by atoms with Gasteiger partial charge < -0.3 is 20.4 Å². The lowest BCUT2D eigenvalue weighted by atomic mass is 10.2. The summed E-state index contributed by atoms with van der Waals surface area (Å²) in [5, 5.41) is 6.16. The molecular formula is C21H23F3N4OSi. The van der Waals surface area contributed by atoms with Gasteiger partial charge in [-0.2, -0.15) is 13.2 Å². The summed E-state index contributed by atoms with van der Waals surface area (Å²) in [5.41, 5.74) is 5.97. The zero-order valence-corrected chi connectivity index (χ0v) is 18.1. The molecule has 30 heavy (non-hydrogen) atoms. The van der Waals surface area contributed by atoms with Gasteiger partial charge >= 0.3 is 6.18 Å². The Bertz CT molecular complexity index is 1080. The molecule has 0 spiro atoms. The van der Waals surface area contributed by atoms with E-state index in [9.17, 15) is 13.2 Å². The zero-order chi connectivity index (χ0) is 21.9. The van der Waals surface area contributed by atoms with Crippen LogP contribution in [0.1, 0.15) is 11.3 Å². The van der Waals surface area contributed by atoms with Gasteiger partial charge in [0.1, 0.15) is 19.3 Å². The largest absolute Gasteiger partial charge is 0.416 e. The van der Waals surface area contributed by atoms with Crippen LogP contribution in [0.5, 0.6) is 0 Å². The number of nitrogens with zero attached hydrogens (tertiary/aromatic N) is 1. The Hall–Kier alpha value is -2.96. The molecule has 5 nitrogen and oxygen atoms in total. The first-order valence-corrected chi connectivity index (χ1v) is 12.8. The quantitative estimate of drug-likeness (QED) is 0.292. The Morgan fingerprint density at radius 3 is 2.37 bits per heavy atom. The van der Waals surface area contributed by atoms with Gasteiger partial charge in [-0.05, 0) is 36.4 Å². The van der Waals surface area contributed by atoms with Gasteiger partial charge in [0.05, 0.1) is 16.8 Å². The van der Waals surface area contributed by atoms with Crippen LogP contribution in [-0.2, 0) is 10.9 Å². The van der Waals surface area contributed by atoms with Crippen molar-refractivity contribution in [2.45, 2.75) is 32.2 Å². The average molecular weight is 433 g/mol. The van der Waals surface area contributed by atoms with Gasteiger partial charge in [0.15, 0.2) is 0 Å². The van der Waals surface area contributed by atoms with Crippen LogP contribution in [0.3, 0.4) is 0 Å². The number of ether oxygens (including phenoxy) is 1. The number of aromatic amines is 1. The minimum atomic E-state index is -4.37. The predicted octanol–water partition coefficient (Wildman–Crippen LogP) is 5.26. The maximum Gasteiger partial charge on any atom is 0.416 e. The number of anilines is 2. The SMILES string of the molecule is COC(Nc1ccc(C(F)(F)F)cc1)Nc1c[nH]c2ccc(C#C[Si](C)(C)C)nc12. The van der Waals surface area contributed by atoms with E-state index in [1.807, 2.05) is 12.1 Å². The monoisotopic (exact) mass is 432 g/mol. The zero-order valence-electron chi connectivity index (χ0n) is 17.1. The van der Waals surface area contributed by atoms with Gasteiger partial charge in [-0.25, -0.2) is 4.98 Å². The first-order chi connectivity index (χ1) is 14.0. The van der Waals surface area contributed by atoms with E-state index in [2.05, 4.69) is 51.7 Å².